The van der Waals surface area contributed by atoms with E-state index in [-0.39, 0.29) is 0 Å². The molecule has 0 unspecified atom stereocenters. The van der Waals surface area contributed by atoms with Gasteiger partial charge >= 0.3 is 0 Å². The van der Waals surface area contributed by atoms with Crippen molar-refractivity contribution >= 4 is 21.6 Å². The van der Waals surface area contributed by atoms with E-state index in [2.05, 4.69) is 45.1 Å². The first kappa shape index (κ1) is 13.7. The normalized spacial score (nSPS) is 11.4. The standard InChI is InChI=1S/C15H15BrN2O/c1-3-19-18-15(12-9-7-11(2)8-10-12)13-5-4-6-14(16)17-13/h4-10H,3H2,1-2H3. The second kappa shape index (κ2) is 6.48. The van der Waals surface area contributed by atoms with Crippen LogP contribution in [0.3, 0.4) is 0 Å². The number of hydrogen-bond acceptors (Lipinski definition) is 3. The predicted octanol–water partition coefficient (Wildman–Crippen LogP) is 3.94. The molecule has 0 radical (unpaired) electrons. The summed E-state index contributed by atoms with van der Waals surface area (Å²) >= 11 is 3.38. The maximum absolute atomic E-state index is 5.21. The zero-order valence-electron chi connectivity index (χ0n) is 10.9. The number of halogens is 1. The lowest BCUT2D eigenvalue weighted by atomic mass is 10.1. The highest BCUT2D eigenvalue weighted by molar-refractivity contribution is 9.10. The van der Waals surface area contributed by atoms with Crippen molar-refractivity contribution in [3.8, 4) is 0 Å². The molecule has 1 heterocycles. The average molecular weight is 319 g/mol. The van der Waals surface area contributed by atoms with Crippen LogP contribution in [0.4, 0.5) is 0 Å². The first-order chi connectivity index (χ1) is 9.20. The maximum atomic E-state index is 5.21. The molecule has 0 spiro atoms. The molecule has 0 bridgehead atoms. The Balaban J connectivity index is 2.44. The van der Waals surface area contributed by atoms with Crippen molar-refractivity contribution in [3.05, 3.63) is 63.9 Å². The Morgan fingerprint density at radius 2 is 1.95 bits per heavy atom. The number of pyridine rings is 1. The van der Waals surface area contributed by atoms with Crippen LogP contribution in [0, 0.1) is 6.92 Å². The molecule has 0 saturated heterocycles. The molecule has 0 atom stereocenters. The molecule has 98 valence electrons. The molecule has 2 aromatic rings. The number of oxime groups is 1. The van der Waals surface area contributed by atoms with Crippen molar-refractivity contribution < 1.29 is 4.84 Å². The number of aromatic nitrogens is 1. The van der Waals surface area contributed by atoms with Crippen LogP contribution in [0.25, 0.3) is 0 Å². The van der Waals surface area contributed by atoms with Crippen molar-refractivity contribution in [1.82, 2.24) is 4.98 Å². The zero-order valence-corrected chi connectivity index (χ0v) is 12.5. The van der Waals surface area contributed by atoms with E-state index in [0.29, 0.717) is 6.61 Å². The Kier molecular flexibility index (Phi) is 4.68. The van der Waals surface area contributed by atoms with Gasteiger partial charge in [-0.3, -0.25) is 0 Å². The third-order valence-electron chi connectivity index (χ3n) is 2.57. The average Bonchev–Trinajstić information content (AvgIpc) is 2.41. The molecule has 0 amide bonds. The van der Waals surface area contributed by atoms with Gasteiger partial charge in [-0.1, -0.05) is 41.1 Å². The number of aryl methyl sites for hydroxylation is 1. The molecule has 0 N–H and O–H groups in total. The molecule has 0 fully saturated rings. The molecule has 4 heteroatoms. The van der Waals surface area contributed by atoms with E-state index in [1.165, 1.54) is 5.56 Å². The Labute approximate surface area is 121 Å². The third kappa shape index (κ3) is 3.64. The van der Waals surface area contributed by atoms with Crippen molar-refractivity contribution in [3.63, 3.8) is 0 Å². The summed E-state index contributed by atoms with van der Waals surface area (Å²) in [6.45, 7) is 4.49. The molecule has 0 aliphatic rings. The molecule has 1 aromatic carbocycles. The Bertz CT molecular complexity index is 579. The fourth-order valence-electron chi connectivity index (χ4n) is 1.63. The first-order valence-electron chi connectivity index (χ1n) is 6.10. The van der Waals surface area contributed by atoms with Gasteiger partial charge < -0.3 is 4.84 Å². The van der Waals surface area contributed by atoms with E-state index < -0.39 is 0 Å². The van der Waals surface area contributed by atoms with E-state index in [1.54, 1.807) is 0 Å². The maximum Gasteiger partial charge on any atom is 0.135 e. The Morgan fingerprint density at radius 3 is 2.58 bits per heavy atom. The molecule has 1 aromatic heterocycles. The van der Waals surface area contributed by atoms with Crippen LogP contribution in [0.1, 0.15) is 23.7 Å². The summed E-state index contributed by atoms with van der Waals surface area (Å²) in [7, 11) is 0. The Hall–Kier alpha value is -1.68. The number of rotatable bonds is 4. The fraction of sp³-hybridized carbons (Fsp3) is 0.200. The van der Waals surface area contributed by atoms with Gasteiger partial charge in [-0.25, -0.2) is 4.98 Å². The molecule has 0 aliphatic carbocycles. The molecule has 3 nitrogen and oxygen atoms in total. The van der Waals surface area contributed by atoms with Gasteiger partial charge in [-0.2, -0.15) is 0 Å². The van der Waals surface area contributed by atoms with E-state index in [0.717, 1.165) is 21.6 Å². The fourth-order valence-corrected chi connectivity index (χ4v) is 1.97. The smallest absolute Gasteiger partial charge is 0.135 e. The lowest BCUT2D eigenvalue weighted by Gasteiger charge is -2.07. The number of benzene rings is 1. The molecule has 0 saturated carbocycles. The lowest BCUT2D eigenvalue weighted by molar-refractivity contribution is 0.159. The SMILES string of the molecule is CCON=C(c1ccc(C)cc1)c1cccc(Br)n1. The summed E-state index contributed by atoms with van der Waals surface area (Å²) in [5.41, 5.74) is 3.72. The molecule has 19 heavy (non-hydrogen) atoms. The van der Waals surface area contributed by atoms with Gasteiger partial charge in [0.2, 0.25) is 0 Å². The molecule has 2 rings (SSSR count). The van der Waals surface area contributed by atoms with Crippen LogP contribution < -0.4 is 0 Å². The summed E-state index contributed by atoms with van der Waals surface area (Å²) in [5, 5.41) is 4.19. The minimum Gasteiger partial charge on any atom is -0.396 e. The predicted molar refractivity (Wildman–Crippen MR) is 80.4 cm³/mol. The molecular weight excluding hydrogens is 304 g/mol. The summed E-state index contributed by atoms with van der Waals surface area (Å²) < 4.78 is 0.779. The van der Waals surface area contributed by atoms with Crippen molar-refractivity contribution in [2.24, 2.45) is 5.16 Å². The largest absolute Gasteiger partial charge is 0.396 e. The van der Waals surface area contributed by atoms with Crippen molar-refractivity contribution in [2.75, 3.05) is 6.61 Å². The van der Waals surface area contributed by atoms with Crippen LogP contribution in [-0.2, 0) is 4.84 Å². The zero-order chi connectivity index (χ0) is 13.7. The molecular formula is C15H15BrN2O. The van der Waals surface area contributed by atoms with Gasteiger partial charge in [0.1, 0.15) is 16.9 Å². The van der Waals surface area contributed by atoms with Crippen LogP contribution >= 0.6 is 15.9 Å². The number of hydrogen-bond donors (Lipinski definition) is 0. The van der Waals surface area contributed by atoms with Gasteiger partial charge in [0.25, 0.3) is 0 Å². The first-order valence-corrected chi connectivity index (χ1v) is 6.90. The van der Waals surface area contributed by atoms with Gasteiger partial charge in [-0.05, 0) is 41.9 Å². The summed E-state index contributed by atoms with van der Waals surface area (Å²) in [5.74, 6) is 0. The van der Waals surface area contributed by atoms with Gasteiger partial charge in [0, 0.05) is 5.56 Å². The van der Waals surface area contributed by atoms with Crippen LogP contribution in [0.2, 0.25) is 0 Å². The quantitative estimate of drug-likeness (QED) is 0.486. The monoisotopic (exact) mass is 318 g/mol. The minimum atomic E-state index is 0.531. The van der Waals surface area contributed by atoms with Crippen LogP contribution in [-0.4, -0.2) is 17.3 Å². The Morgan fingerprint density at radius 1 is 1.21 bits per heavy atom. The summed E-state index contributed by atoms with van der Waals surface area (Å²) in [6, 6.07) is 13.9. The second-order valence-corrected chi connectivity index (χ2v) is 4.88. The highest BCUT2D eigenvalue weighted by Gasteiger charge is 2.09. The van der Waals surface area contributed by atoms with E-state index in [4.69, 9.17) is 4.84 Å². The van der Waals surface area contributed by atoms with E-state index in [9.17, 15) is 0 Å². The lowest BCUT2D eigenvalue weighted by Crippen LogP contribution is -2.07. The number of nitrogens with zero attached hydrogens (tertiary/aromatic N) is 2. The summed E-state index contributed by atoms with van der Waals surface area (Å²) in [6.07, 6.45) is 0. The van der Waals surface area contributed by atoms with Gasteiger partial charge in [0.05, 0.1) is 5.69 Å². The third-order valence-corrected chi connectivity index (χ3v) is 3.01. The topological polar surface area (TPSA) is 34.5 Å². The van der Waals surface area contributed by atoms with Crippen LogP contribution in [0.15, 0.2) is 52.2 Å². The van der Waals surface area contributed by atoms with E-state index in [1.807, 2.05) is 37.3 Å². The second-order valence-electron chi connectivity index (χ2n) is 4.07. The highest BCUT2D eigenvalue weighted by atomic mass is 79.9. The van der Waals surface area contributed by atoms with Gasteiger partial charge in [0.15, 0.2) is 0 Å². The minimum absolute atomic E-state index is 0.531. The van der Waals surface area contributed by atoms with Crippen LogP contribution in [0.5, 0.6) is 0 Å². The van der Waals surface area contributed by atoms with Crippen molar-refractivity contribution in [1.29, 1.82) is 0 Å². The highest BCUT2D eigenvalue weighted by Crippen LogP contribution is 2.13. The van der Waals surface area contributed by atoms with Crippen molar-refractivity contribution in [2.45, 2.75) is 13.8 Å². The van der Waals surface area contributed by atoms with E-state index >= 15 is 0 Å². The molecule has 0 aliphatic heterocycles. The summed E-state index contributed by atoms with van der Waals surface area (Å²) in [4.78, 5) is 9.64. The van der Waals surface area contributed by atoms with Gasteiger partial charge in [-0.15, -0.1) is 0 Å².